The molecule has 0 aromatic heterocycles. The Kier molecular flexibility index (Phi) is 3.24. The van der Waals surface area contributed by atoms with Crippen molar-refractivity contribution in [1.29, 1.82) is 0 Å². The van der Waals surface area contributed by atoms with Gasteiger partial charge in [0.25, 0.3) is 5.97 Å². The number of carboxylic acids is 1. The van der Waals surface area contributed by atoms with Crippen LogP contribution in [0.4, 0.5) is 0 Å². The molecule has 0 amide bonds. The van der Waals surface area contributed by atoms with E-state index in [9.17, 15) is 5.11 Å². The van der Waals surface area contributed by atoms with Crippen LogP contribution in [0.25, 0.3) is 0 Å². The third kappa shape index (κ3) is 2.07. The highest BCUT2D eigenvalue weighted by Crippen LogP contribution is 2.58. The third-order valence-electron chi connectivity index (χ3n) is 3.70. The van der Waals surface area contributed by atoms with Gasteiger partial charge < -0.3 is 10.2 Å². The van der Waals surface area contributed by atoms with E-state index < -0.39 is 5.97 Å². The van der Waals surface area contributed by atoms with Gasteiger partial charge in [0, 0.05) is 12.8 Å². The van der Waals surface area contributed by atoms with Crippen molar-refractivity contribution in [2.45, 2.75) is 40.2 Å². The van der Waals surface area contributed by atoms with E-state index in [0.717, 1.165) is 13.3 Å². The zero-order valence-corrected chi connectivity index (χ0v) is 9.82. The van der Waals surface area contributed by atoms with Gasteiger partial charge in [0.05, 0.1) is 6.10 Å². The van der Waals surface area contributed by atoms with E-state index in [1.807, 2.05) is 0 Å². The van der Waals surface area contributed by atoms with Crippen LogP contribution in [-0.4, -0.2) is 22.3 Å². The first-order valence-electron chi connectivity index (χ1n) is 5.32. The summed E-state index contributed by atoms with van der Waals surface area (Å²) >= 11 is 0. The molecule has 0 spiro atoms. The number of aliphatic hydroxyl groups is 1. The lowest BCUT2D eigenvalue weighted by Gasteiger charge is -2.59. The fourth-order valence-corrected chi connectivity index (χ4v) is 2.96. The van der Waals surface area contributed by atoms with Gasteiger partial charge >= 0.3 is 0 Å². The van der Waals surface area contributed by atoms with Gasteiger partial charge in [-0.3, -0.25) is 4.79 Å². The van der Waals surface area contributed by atoms with Crippen LogP contribution in [0, 0.1) is 17.3 Å². The van der Waals surface area contributed by atoms with Crippen molar-refractivity contribution in [3.63, 3.8) is 0 Å². The number of aliphatic carboxylic acids is 1. The lowest BCUT2D eigenvalue weighted by molar-refractivity contribution is -0.144. The topological polar surface area (TPSA) is 57.5 Å². The molecule has 3 nitrogen and oxygen atoms in total. The van der Waals surface area contributed by atoms with E-state index in [4.69, 9.17) is 9.90 Å². The minimum Gasteiger partial charge on any atom is -0.481 e. The number of allylic oxidation sites excluding steroid dienone is 1. The normalized spacial score (nSPS) is 35.5. The lowest BCUT2D eigenvalue weighted by Crippen LogP contribution is -2.59. The number of hydrogen-bond donors (Lipinski definition) is 2. The van der Waals surface area contributed by atoms with Gasteiger partial charge in [0.1, 0.15) is 0 Å². The second-order valence-electron chi connectivity index (χ2n) is 5.10. The molecule has 3 aliphatic carbocycles. The Morgan fingerprint density at radius 1 is 1.53 bits per heavy atom. The van der Waals surface area contributed by atoms with Crippen LogP contribution in [0.5, 0.6) is 0 Å². The van der Waals surface area contributed by atoms with Crippen LogP contribution in [0.1, 0.15) is 34.1 Å². The molecular weight excluding hydrogens is 192 g/mol. The highest BCUT2D eigenvalue weighted by atomic mass is 16.4. The van der Waals surface area contributed by atoms with Gasteiger partial charge in [-0.1, -0.05) is 25.5 Å². The first-order chi connectivity index (χ1) is 6.78. The maximum absolute atomic E-state index is 9.69. The molecule has 3 heteroatoms. The largest absolute Gasteiger partial charge is 0.481 e. The number of hydrogen-bond acceptors (Lipinski definition) is 2. The van der Waals surface area contributed by atoms with Crippen molar-refractivity contribution in [3.8, 4) is 0 Å². The quantitative estimate of drug-likeness (QED) is 0.604. The van der Waals surface area contributed by atoms with E-state index in [2.05, 4.69) is 26.8 Å². The molecular formula is C12H20O3. The second kappa shape index (κ2) is 3.97. The van der Waals surface area contributed by atoms with Crippen LogP contribution < -0.4 is 0 Å². The van der Waals surface area contributed by atoms with Crippen LogP contribution in [0.15, 0.2) is 11.6 Å². The summed E-state index contributed by atoms with van der Waals surface area (Å²) in [6.07, 6.45) is 3.32. The van der Waals surface area contributed by atoms with E-state index in [1.165, 1.54) is 5.57 Å². The van der Waals surface area contributed by atoms with E-state index in [1.54, 1.807) is 0 Å². The van der Waals surface area contributed by atoms with Crippen LogP contribution in [-0.2, 0) is 4.79 Å². The number of carboxylic acid groups (broad SMARTS) is 1. The maximum atomic E-state index is 9.69. The van der Waals surface area contributed by atoms with Gasteiger partial charge in [-0.25, -0.2) is 0 Å². The van der Waals surface area contributed by atoms with E-state index in [-0.39, 0.29) is 6.10 Å². The molecule has 0 radical (unpaired) electrons. The molecule has 0 aliphatic heterocycles. The van der Waals surface area contributed by atoms with Crippen molar-refractivity contribution in [2.75, 3.05) is 0 Å². The predicted octanol–water partition coefficient (Wildman–Crippen LogP) is 2.06. The van der Waals surface area contributed by atoms with Crippen LogP contribution in [0.2, 0.25) is 0 Å². The second-order valence-corrected chi connectivity index (χ2v) is 5.10. The Morgan fingerprint density at radius 3 is 2.20 bits per heavy atom. The zero-order chi connectivity index (χ0) is 11.8. The minimum atomic E-state index is -0.833. The van der Waals surface area contributed by atoms with E-state index in [0.29, 0.717) is 17.3 Å². The Bertz CT molecular complexity index is 287. The molecule has 0 unspecified atom stereocenters. The van der Waals surface area contributed by atoms with E-state index >= 15 is 0 Å². The van der Waals surface area contributed by atoms with Crippen molar-refractivity contribution < 1.29 is 15.0 Å². The summed E-state index contributed by atoms with van der Waals surface area (Å²) in [5.41, 5.74) is 1.75. The fraction of sp³-hybridized carbons (Fsp3) is 0.750. The standard InChI is InChI=1S/C10H16O.C2H4O2/c1-6-4-5-7-9(11)8(6)10(7,2)3;1-2(3)4/h4,7-9,11H,5H2,1-3H3;1H3,(H,3,4)/t7-,8+,9+;/m0./s1. The average molecular weight is 212 g/mol. The van der Waals surface area contributed by atoms with Crippen LogP contribution in [0.3, 0.4) is 0 Å². The summed E-state index contributed by atoms with van der Waals surface area (Å²) < 4.78 is 0. The molecule has 3 rings (SSSR count). The first-order valence-corrected chi connectivity index (χ1v) is 5.32. The van der Waals surface area contributed by atoms with Gasteiger partial charge in [-0.15, -0.1) is 0 Å². The third-order valence-corrected chi connectivity index (χ3v) is 3.70. The molecule has 2 N–H and O–H groups in total. The lowest BCUT2D eigenvalue weighted by atomic mass is 9.47. The average Bonchev–Trinajstić information content (AvgIpc) is 2.01. The summed E-state index contributed by atoms with van der Waals surface area (Å²) in [5, 5.41) is 17.1. The molecule has 1 saturated carbocycles. The summed E-state index contributed by atoms with van der Waals surface area (Å²) in [6.45, 7) is 7.77. The molecule has 0 aromatic rings. The SMILES string of the molecule is CC(=O)O.CC1=CC[C@H]2[C@@H](O)[C@@H]1C2(C)C. The molecule has 15 heavy (non-hydrogen) atoms. The Labute approximate surface area is 90.8 Å². The molecule has 0 saturated heterocycles. The summed E-state index contributed by atoms with van der Waals surface area (Å²) in [7, 11) is 0. The van der Waals surface area contributed by atoms with Gasteiger partial charge in [-0.2, -0.15) is 0 Å². The maximum Gasteiger partial charge on any atom is 0.300 e. The minimum absolute atomic E-state index is 0.0463. The Morgan fingerprint density at radius 2 is 2.00 bits per heavy atom. The smallest absolute Gasteiger partial charge is 0.300 e. The molecule has 2 bridgehead atoms. The van der Waals surface area contributed by atoms with Crippen LogP contribution >= 0.6 is 0 Å². The van der Waals surface area contributed by atoms with Crippen molar-refractivity contribution in [2.24, 2.45) is 17.3 Å². The van der Waals surface area contributed by atoms with Gasteiger partial charge in [0.15, 0.2) is 0 Å². The van der Waals surface area contributed by atoms with Crippen molar-refractivity contribution in [1.82, 2.24) is 0 Å². The monoisotopic (exact) mass is 212 g/mol. The Hall–Kier alpha value is -0.830. The molecule has 3 aliphatic rings. The van der Waals surface area contributed by atoms with Gasteiger partial charge in [0.2, 0.25) is 0 Å². The molecule has 3 atom stereocenters. The number of carbonyl (C=O) groups is 1. The predicted molar refractivity (Wildman–Crippen MR) is 58.5 cm³/mol. The summed E-state index contributed by atoms with van der Waals surface area (Å²) in [6, 6.07) is 0. The van der Waals surface area contributed by atoms with Crippen molar-refractivity contribution >= 4 is 5.97 Å². The summed E-state index contributed by atoms with van der Waals surface area (Å²) in [4.78, 5) is 9.00. The zero-order valence-electron chi connectivity index (χ0n) is 9.82. The molecule has 1 fully saturated rings. The number of rotatable bonds is 0. The number of aliphatic hydroxyl groups excluding tert-OH is 1. The molecule has 86 valence electrons. The Balaban J connectivity index is 0.000000245. The first kappa shape index (κ1) is 12.2. The molecule has 0 aromatic carbocycles. The highest BCUT2D eigenvalue weighted by molar-refractivity contribution is 5.62. The van der Waals surface area contributed by atoms with Crippen molar-refractivity contribution in [3.05, 3.63) is 11.6 Å². The highest BCUT2D eigenvalue weighted by Gasteiger charge is 2.57. The summed E-state index contributed by atoms with van der Waals surface area (Å²) in [5.74, 6) is 0.137. The fourth-order valence-electron chi connectivity index (χ4n) is 2.96. The van der Waals surface area contributed by atoms with Gasteiger partial charge in [-0.05, 0) is 24.7 Å². The molecule has 0 heterocycles. The number of fused-ring (bicyclic) bond motifs is 1.